The molecule has 0 aliphatic carbocycles. The van der Waals surface area contributed by atoms with E-state index in [1.54, 1.807) is 24.3 Å². The van der Waals surface area contributed by atoms with Crippen LogP contribution >= 0.6 is 11.6 Å². The van der Waals surface area contributed by atoms with Crippen molar-refractivity contribution in [3.05, 3.63) is 58.7 Å². The minimum absolute atomic E-state index is 0.0782. The van der Waals surface area contributed by atoms with E-state index < -0.39 is 0 Å². The van der Waals surface area contributed by atoms with Crippen molar-refractivity contribution in [1.29, 1.82) is 0 Å². The topological polar surface area (TPSA) is 68.2 Å². The molecule has 0 aliphatic rings. The van der Waals surface area contributed by atoms with Gasteiger partial charge in [0.2, 0.25) is 0 Å². The van der Waals surface area contributed by atoms with Crippen LogP contribution in [0.2, 0.25) is 5.02 Å². The summed E-state index contributed by atoms with van der Waals surface area (Å²) in [5, 5.41) is 11.1. The van der Waals surface area contributed by atoms with E-state index in [1.807, 2.05) is 29.7 Å². The maximum atomic E-state index is 12.2. The summed E-state index contributed by atoms with van der Waals surface area (Å²) in [6, 6.07) is 12.4. The smallest absolute Gasteiger partial charge is 0.178 e. The monoisotopic (exact) mass is 314 g/mol. The first-order chi connectivity index (χ1) is 10.5. The fraction of sp³-hybridized carbons (Fsp3) is 0.118. The lowest BCUT2D eigenvalue weighted by Gasteiger charge is -2.09. The van der Waals surface area contributed by atoms with Crippen LogP contribution in [-0.2, 0) is 0 Å². The summed E-state index contributed by atoms with van der Waals surface area (Å²) in [5.41, 5.74) is 8.53. The third-order valence-electron chi connectivity index (χ3n) is 3.72. The molecule has 0 saturated carbocycles. The molecule has 0 unspecified atom stereocenters. The molecule has 0 fully saturated rings. The van der Waals surface area contributed by atoms with Crippen LogP contribution in [0, 0.1) is 6.92 Å². The van der Waals surface area contributed by atoms with Crippen LogP contribution in [0.15, 0.2) is 42.5 Å². The van der Waals surface area contributed by atoms with E-state index in [2.05, 4.69) is 0 Å². The largest absolute Gasteiger partial charge is 0.508 e. The SMILES string of the molecule is Cc1c(C(=O)CN)c2cc(O)ccc2n1-c1cccc(Cl)c1. The average Bonchev–Trinajstić information content (AvgIpc) is 2.77. The number of carbonyl (C=O) groups is 1. The average molecular weight is 315 g/mol. The molecule has 2 aromatic carbocycles. The van der Waals surface area contributed by atoms with Gasteiger partial charge in [-0.15, -0.1) is 0 Å². The minimum Gasteiger partial charge on any atom is -0.508 e. The van der Waals surface area contributed by atoms with Crippen molar-refractivity contribution in [2.45, 2.75) is 6.92 Å². The van der Waals surface area contributed by atoms with E-state index in [9.17, 15) is 9.90 Å². The molecule has 0 aliphatic heterocycles. The molecule has 3 aromatic rings. The fourth-order valence-electron chi connectivity index (χ4n) is 2.81. The molecule has 3 N–H and O–H groups in total. The van der Waals surface area contributed by atoms with Crippen molar-refractivity contribution in [3.8, 4) is 11.4 Å². The number of aromatic hydroxyl groups is 1. The summed E-state index contributed by atoms with van der Waals surface area (Å²) in [7, 11) is 0. The van der Waals surface area contributed by atoms with E-state index in [4.69, 9.17) is 17.3 Å². The Kier molecular flexibility index (Phi) is 3.64. The van der Waals surface area contributed by atoms with Crippen molar-refractivity contribution in [2.24, 2.45) is 5.73 Å². The van der Waals surface area contributed by atoms with Crippen LogP contribution in [0.1, 0.15) is 16.1 Å². The summed E-state index contributed by atoms with van der Waals surface area (Å²) in [6.07, 6.45) is 0. The highest BCUT2D eigenvalue weighted by Gasteiger charge is 2.20. The normalized spacial score (nSPS) is 11.0. The predicted octanol–water partition coefficient (Wildman–Crippen LogP) is 3.44. The second kappa shape index (κ2) is 5.48. The van der Waals surface area contributed by atoms with Gasteiger partial charge in [-0.05, 0) is 43.3 Å². The number of carbonyl (C=O) groups excluding carboxylic acids is 1. The Morgan fingerprint density at radius 2 is 2.05 bits per heavy atom. The molecule has 0 atom stereocenters. The van der Waals surface area contributed by atoms with E-state index >= 15 is 0 Å². The van der Waals surface area contributed by atoms with Crippen LogP contribution in [0.4, 0.5) is 0 Å². The zero-order valence-corrected chi connectivity index (χ0v) is 12.8. The van der Waals surface area contributed by atoms with Gasteiger partial charge in [-0.2, -0.15) is 0 Å². The first-order valence-electron chi connectivity index (χ1n) is 6.86. The number of phenols is 1. The first-order valence-corrected chi connectivity index (χ1v) is 7.24. The fourth-order valence-corrected chi connectivity index (χ4v) is 2.99. The van der Waals surface area contributed by atoms with Gasteiger partial charge in [-0.3, -0.25) is 4.79 Å². The highest BCUT2D eigenvalue weighted by Crippen LogP contribution is 2.32. The van der Waals surface area contributed by atoms with Gasteiger partial charge in [0.15, 0.2) is 5.78 Å². The van der Waals surface area contributed by atoms with E-state index in [-0.39, 0.29) is 18.1 Å². The van der Waals surface area contributed by atoms with Gasteiger partial charge in [-0.25, -0.2) is 0 Å². The molecule has 112 valence electrons. The highest BCUT2D eigenvalue weighted by molar-refractivity contribution is 6.30. The Hall–Kier alpha value is -2.30. The zero-order valence-electron chi connectivity index (χ0n) is 12.0. The lowest BCUT2D eigenvalue weighted by atomic mass is 10.1. The standard InChI is InChI=1S/C17H15ClN2O2/c1-10-17(16(22)9-19)14-8-13(21)5-6-15(14)20(10)12-4-2-3-11(18)7-12/h2-8,21H,9,19H2,1H3. The Morgan fingerprint density at radius 1 is 1.27 bits per heavy atom. The molecule has 0 amide bonds. The van der Waals surface area contributed by atoms with Crippen LogP contribution in [0.5, 0.6) is 5.75 Å². The van der Waals surface area contributed by atoms with Crippen LogP contribution in [0.3, 0.4) is 0 Å². The number of hydrogen-bond acceptors (Lipinski definition) is 3. The van der Waals surface area contributed by atoms with E-state index in [0.717, 1.165) is 16.9 Å². The van der Waals surface area contributed by atoms with Crippen LogP contribution in [0.25, 0.3) is 16.6 Å². The summed E-state index contributed by atoms with van der Waals surface area (Å²) in [6.45, 7) is 1.78. The Morgan fingerprint density at radius 3 is 2.73 bits per heavy atom. The predicted molar refractivity (Wildman–Crippen MR) is 88.1 cm³/mol. The van der Waals surface area contributed by atoms with Crippen molar-refractivity contribution in [2.75, 3.05) is 6.54 Å². The second-order valence-electron chi connectivity index (χ2n) is 5.10. The molecule has 0 spiro atoms. The molecule has 0 radical (unpaired) electrons. The van der Waals surface area contributed by atoms with Crippen LogP contribution < -0.4 is 5.73 Å². The van der Waals surface area contributed by atoms with Gasteiger partial charge in [0.25, 0.3) is 0 Å². The van der Waals surface area contributed by atoms with Gasteiger partial charge < -0.3 is 15.4 Å². The molecular formula is C17H15ClN2O2. The molecular weight excluding hydrogens is 300 g/mol. The number of nitrogens with zero attached hydrogens (tertiary/aromatic N) is 1. The number of hydrogen-bond donors (Lipinski definition) is 2. The van der Waals surface area contributed by atoms with Gasteiger partial charge in [0.1, 0.15) is 5.75 Å². The van der Waals surface area contributed by atoms with Crippen LogP contribution in [-0.4, -0.2) is 22.0 Å². The van der Waals surface area contributed by atoms with Crippen molar-refractivity contribution < 1.29 is 9.90 Å². The second-order valence-corrected chi connectivity index (χ2v) is 5.54. The number of ketones is 1. The number of halogens is 1. The number of phenolic OH excluding ortho intramolecular Hbond substituents is 1. The Bertz CT molecular complexity index is 884. The number of aromatic nitrogens is 1. The summed E-state index contributed by atoms with van der Waals surface area (Å²) < 4.78 is 1.95. The molecule has 1 aromatic heterocycles. The molecule has 3 rings (SSSR count). The first kappa shape index (κ1) is 14.6. The van der Waals surface area contributed by atoms with Crippen molar-refractivity contribution in [1.82, 2.24) is 4.57 Å². The number of nitrogens with two attached hydrogens (primary N) is 1. The minimum atomic E-state index is -0.158. The maximum absolute atomic E-state index is 12.2. The summed E-state index contributed by atoms with van der Waals surface area (Å²) >= 11 is 6.08. The number of rotatable bonds is 3. The highest BCUT2D eigenvalue weighted by atomic mass is 35.5. The Labute approximate surface area is 132 Å². The molecule has 0 saturated heterocycles. The maximum Gasteiger partial charge on any atom is 0.178 e. The molecule has 0 bridgehead atoms. The van der Waals surface area contributed by atoms with E-state index in [1.165, 1.54) is 0 Å². The molecule has 1 heterocycles. The number of Topliss-reactive ketones (excluding diaryl/α,β-unsaturated/α-hetero) is 1. The van der Waals surface area contributed by atoms with Gasteiger partial charge in [0.05, 0.1) is 12.1 Å². The van der Waals surface area contributed by atoms with Gasteiger partial charge in [-0.1, -0.05) is 17.7 Å². The van der Waals surface area contributed by atoms with Gasteiger partial charge in [0, 0.05) is 27.4 Å². The van der Waals surface area contributed by atoms with Crippen molar-refractivity contribution >= 4 is 28.3 Å². The third kappa shape index (κ3) is 2.26. The lowest BCUT2D eigenvalue weighted by molar-refractivity contribution is 0.100. The quantitative estimate of drug-likeness (QED) is 0.728. The number of fused-ring (bicyclic) bond motifs is 1. The third-order valence-corrected chi connectivity index (χ3v) is 3.95. The lowest BCUT2D eigenvalue weighted by Crippen LogP contribution is -2.14. The van der Waals surface area contributed by atoms with Gasteiger partial charge >= 0.3 is 0 Å². The number of benzene rings is 2. The molecule has 22 heavy (non-hydrogen) atoms. The summed E-state index contributed by atoms with van der Waals surface area (Å²) in [5.74, 6) is -0.0457. The van der Waals surface area contributed by atoms with Crippen molar-refractivity contribution in [3.63, 3.8) is 0 Å². The Balaban J connectivity index is 2.40. The molecule has 4 nitrogen and oxygen atoms in total. The zero-order chi connectivity index (χ0) is 15.9. The molecule has 5 heteroatoms. The van der Waals surface area contributed by atoms with E-state index in [0.29, 0.717) is 16.0 Å². The summed E-state index contributed by atoms with van der Waals surface area (Å²) in [4.78, 5) is 12.2.